The number of hydrogen-bond acceptors (Lipinski definition) is 7. The van der Waals surface area contributed by atoms with Crippen molar-refractivity contribution in [2.24, 2.45) is 5.92 Å². The summed E-state index contributed by atoms with van der Waals surface area (Å²) in [7, 11) is 0. The molecule has 3 heterocycles. The number of carbonyl (C=O) groups excluding carboxylic acids is 3. The monoisotopic (exact) mass is 491 g/mol. The number of nitrogens with one attached hydrogen (secondary N) is 3. The van der Waals surface area contributed by atoms with Crippen molar-refractivity contribution in [3.05, 3.63) is 45.0 Å². The van der Waals surface area contributed by atoms with Crippen molar-refractivity contribution >= 4 is 46.8 Å². The van der Waals surface area contributed by atoms with E-state index in [2.05, 4.69) is 20.6 Å². The molecule has 0 saturated carbocycles. The van der Waals surface area contributed by atoms with Gasteiger partial charge in [0.05, 0.1) is 29.0 Å². The van der Waals surface area contributed by atoms with E-state index in [4.69, 9.17) is 16.3 Å². The Morgan fingerprint density at radius 3 is 2.71 bits per heavy atom. The molecular weight excluding hydrogens is 469 g/mol. The van der Waals surface area contributed by atoms with E-state index in [1.54, 1.807) is 6.92 Å². The maximum atomic E-state index is 13.4. The SMILES string of the molecule is CCOC(=O)C1CCN(c2nc3c(c(=O)[nH]2)[C@H](C(=O)Nc2ccc(F)c(Cl)c2)CC(=O)N3)CC1. The normalized spacial score (nSPS) is 18.1. The molecule has 0 bridgehead atoms. The topological polar surface area (TPSA) is 133 Å². The van der Waals surface area contributed by atoms with Crippen molar-refractivity contribution in [2.45, 2.75) is 32.1 Å². The van der Waals surface area contributed by atoms with Gasteiger partial charge in [-0.05, 0) is 38.0 Å². The van der Waals surface area contributed by atoms with Crippen LogP contribution in [0.15, 0.2) is 23.0 Å². The maximum Gasteiger partial charge on any atom is 0.309 e. The summed E-state index contributed by atoms with van der Waals surface area (Å²) >= 11 is 5.76. The third kappa shape index (κ3) is 4.89. The average Bonchev–Trinajstić information content (AvgIpc) is 2.80. The van der Waals surface area contributed by atoms with E-state index in [-0.39, 0.29) is 46.3 Å². The fourth-order valence-corrected chi connectivity index (χ4v) is 4.30. The quantitative estimate of drug-likeness (QED) is 0.547. The molecule has 0 unspecified atom stereocenters. The van der Waals surface area contributed by atoms with Gasteiger partial charge < -0.3 is 20.3 Å². The summed E-state index contributed by atoms with van der Waals surface area (Å²) < 4.78 is 18.5. The molecule has 10 nitrogen and oxygen atoms in total. The van der Waals surface area contributed by atoms with Crippen LogP contribution >= 0.6 is 11.6 Å². The van der Waals surface area contributed by atoms with E-state index in [1.807, 2.05) is 4.90 Å². The lowest BCUT2D eigenvalue weighted by Gasteiger charge is -2.32. The zero-order valence-corrected chi connectivity index (χ0v) is 19.1. The molecule has 4 rings (SSSR count). The average molecular weight is 492 g/mol. The van der Waals surface area contributed by atoms with Crippen molar-refractivity contribution in [3.63, 3.8) is 0 Å². The molecule has 3 N–H and O–H groups in total. The Hall–Kier alpha value is -3.47. The van der Waals surface area contributed by atoms with Gasteiger partial charge in [-0.2, -0.15) is 4.98 Å². The van der Waals surface area contributed by atoms with Crippen LogP contribution < -0.4 is 21.1 Å². The van der Waals surface area contributed by atoms with Gasteiger partial charge in [0, 0.05) is 25.2 Å². The first-order valence-electron chi connectivity index (χ1n) is 10.9. The molecule has 180 valence electrons. The minimum absolute atomic E-state index is 0.0137. The Morgan fingerprint density at radius 1 is 1.29 bits per heavy atom. The standard InChI is InChI=1S/C22H23ClFN5O5/c1-2-34-21(33)11-5-7-29(8-6-11)22-27-18-17(20(32)28-22)13(10-16(30)26-18)19(31)25-12-3-4-15(24)14(23)9-12/h3-4,9,11,13H,2,5-8,10H2,1H3,(H,25,31)(H2,26,27,28,30,32)/t13-/m1/s1. The Labute approximate surface area is 198 Å². The number of benzene rings is 1. The third-order valence-electron chi connectivity index (χ3n) is 5.86. The number of anilines is 3. The molecule has 0 aliphatic carbocycles. The largest absolute Gasteiger partial charge is 0.466 e. The van der Waals surface area contributed by atoms with Crippen molar-refractivity contribution in [3.8, 4) is 0 Å². The van der Waals surface area contributed by atoms with Gasteiger partial charge in [-0.1, -0.05) is 11.6 Å². The van der Waals surface area contributed by atoms with Crippen LogP contribution in [0, 0.1) is 11.7 Å². The predicted molar refractivity (Wildman–Crippen MR) is 122 cm³/mol. The number of fused-ring (bicyclic) bond motifs is 1. The number of piperidine rings is 1. The summed E-state index contributed by atoms with van der Waals surface area (Å²) in [6, 6.07) is 3.67. The van der Waals surface area contributed by atoms with Gasteiger partial charge in [-0.25, -0.2) is 4.39 Å². The molecule has 2 aliphatic rings. The molecule has 1 aromatic carbocycles. The smallest absolute Gasteiger partial charge is 0.309 e. The summed E-state index contributed by atoms with van der Waals surface area (Å²) in [6.45, 7) is 3.01. The number of hydrogen-bond donors (Lipinski definition) is 3. The number of halogens is 2. The molecule has 1 saturated heterocycles. The zero-order valence-electron chi connectivity index (χ0n) is 18.3. The van der Waals surface area contributed by atoms with Crippen LogP contribution in [0.3, 0.4) is 0 Å². The highest BCUT2D eigenvalue weighted by atomic mass is 35.5. The maximum absolute atomic E-state index is 13.4. The van der Waals surface area contributed by atoms with E-state index < -0.39 is 29.1 Å². The van der Waals surface area contributed by atoms with E-state index >= 15 is 0 Å². The minimum Gasteiger partial charge on any atom is -0.466 e. The minimum atomic E-state index is -1.09. The van der Waals surface area contributed by atoms with Crippen molar-refractivity contribution in [1.29, 1.82) is 0 Å². The molecule has 0 spiro atoms. The van der Waals surface area contributed by atoms with Gasteiger partial charge in [0.25, 0.3) is 5.56 Å². The fourth-order valence-electron chi connectivity index (χ4n) is 4.12. The molecule has 0 radical (unpaired) electrons. The Bertz CT molecular complexity index is 1190. The van der Waals surface area contributed by atoms with Crippen LogP contribution in [-0.4, -0.2) is 47.4 Å². The van der Waals surface area contributed by atoms with E-state index in [0.29, 0.717) is 32.5 Å². The first kappa shape index (κ1) is 23.7. The summed E-state index contributed by atoms with van der Waals surface area (Å²) in [5.41, 5.74) is -0.283. The number of nitrogens with zero attached hydrogens (tertiary/aromatic N) is 2. The molecular formula is C22H23ClFN5O5. The molecule has 2 aromatic rings. The Morgan fingerprint density at radius 2 is 2.03 bits per heavy atom. The van der Waals surface area contributed by atoms with E-state index in [9.17, 15) is 23.6 Å². The third-order valence-corrected chi connectivity index (χ3v) is 6.15. The lowest BCUT2D eigenvalue weighted by Crippen LogP contribution is -2.41. The highest BCUT2D eigenvalue weighted by Crippen LogP contribution is 2.31. The Balaban J connectivity index is 1.54. The molecule has 1 fully saturated rings. The lowest BCUT2D eigenvalue weighted by atomic mass is 9.92. The van der Waals surface area contributed by atoms with Crippen molar-refractivity contribution in [1.82, 2.24) is 9.97 Å². The second-order valence-electron chi connectivity index (χ2n) is 8.09. The molecule has 1 aromatic heterocycles. The van der Waals surface area contributed by atoms with Gasteiger partial charge in [-0.15, -0.1) is 0 Å². The highest BCUT2D eigenvalue weighted by molar-refractivity contribution is 6.31. The first-order valence-corrected chi connectivity index (χ1v) is 11.3. The number of carbonyl (C=O) groups is 3. The van der Waals surface area contributed by atoms with Crippen LogP contribution in [0.2, 0.25) is 5.02 Å². The fraction of sp³-hybridized carbons (Fsp3) is 0.409. The number of amides is 2. The number of rotatable bonds is 5. The number of ether oxygens (including phenoxy) is 1. The molecule has 1 atom stereocenters. The Kier molecular flexibility index (Phi) is 6.82. The molecule has 12 heteroatoms. The van der Waals surface area contributed by atoms with Gasteiger partial charge in [0.1, 0.15) is 11.6 Å². The second-order valence-corrected chi connectivity index (χ2v) is 8.50. The molecule has 2 aliphatic heterocycles. The number of H-pyrrole nitrogens is 1. The van der Waals surface area contributed by atoms with Gasteiger partial charge >= 0.3 is 5.97 Å². The van der Waals surface area contributed by atoms with Crippen LogP contribution in [0.25, 0.3) is 0 Å². The van der Waals surface area contributed by atoms with Gasteiger partial charge in [0.15, 0.2) is 0 Å². The van der Waals surface area contributed by atoms with Crippen molar-refractivity contribution < 1.29 is 23.5 Å². The van der Waals surface area contributed by atoms with E-state index in [0.717, 1.165) is 6.07 Å². The van der Waals surface area contributed by atoms with Crippen LogP contribution in [-0.2, 0) is 19.1 Å². The summed E-state index contributed by atoms with van der Waals surface area (Å²) in [5, 5.41) is 4.96. The lowest BCUT2D eigenvalue weighted by molar-refractivity contribution is -0.148. The van der Waals surface area contributed by atoms with Gasteiger partial charge in [-0.3, -0.25) is 24.2 Å². The predicted octanol–water partition coefficient (Wildman–Crippen LogP) is 2.41. The number of aromatic amines is 1. The molecule has 34 heavy (non-hydrogen) atoms. The number of aromatic nitrogens is 2. The van der Waals surface area contributed by atoms with Crippen molar-refractivity contribution in [2.75, 3.05) is 35.2 Å². The zero-order chi connectivity index (χ0) is 24.4. The summed E-state index contributed by atoms with van der Waals surface area (Å²) in [6.07, 6.45) is 0.831. The van der Waals surface area contributed by atoms with Crippen LogP contribution in [0.5, 0.6) is 0 Å². The van der Waals surface area contributed by atoms with Crippen LogP contribution in [0.1, 0.15) is 37.7 Å². The van der Waals surface area contributed by atoms with Gasteiger partial charge in [0.2, 0.25) is 17.8 Å². The number of esters is 1. The summed E-state index contributed by atoms with van der Waals surface area (Å²) in [4.78, 5) is 59.0. The van der Waals surface area contributed by atoms with E-state index in [1.165, 1.54) is 12.1 Å². The second kappa shape index (κ2) is 9.80. The first-order chi connectivity index (χ1) is 16.3. The summed E-state index contributed by atoms with van der Waals surface area (Å²) in [5.74, 6) is -3.00. The van der Waals surface area contributed by atoms with Crippen LogP contribution in [0.4, 0.5) is 21.8 Å². The highest BCUT2D eigenvalue weighted by Gasteiger charge is 2.36. The molecule has 2 amide bonds.